The highest BCUT2D eigenvalue weighted by atomic mass is 32.1. The van der Waals surface area contributed by atoms with Crippen LogP contribution in [0, 0.1) is 0 Å². The zero-order valence-electron chi connectivity index (χ0n) is 12.1. The Balaban J connectivity index is 1.98. The number of carbonyl (C=O) groups excluding carboxylic acids is 1. The average Bonchev–Trinajstić information content (AvgIpc) is 2.87. The molecule has 0 saturated carbocycles. The van der Waals surface area contributed by atoms with Gasteiger partial charge in [-0.25, -0.2) is 4.79 Å². The SMILES string of the molecule is CC(C)(CCO)NC(=O)Nc1cc(-c2ccccc2)ns1. The summed E-state index contributed by atoms with van der Waals surface area (Å²) in [5.74, 6) is 0. The zero-order valence-corrected chi connectivity index (χ0v) is 12.9. The Morgan fingerprint density at radius 2 is 2.05 bits per heavy atom. The molecule has 0 saturated heterocycles. The lowest BCUT2D eigenvalue weighted by Crippen LogP contribution is -2.46. The quantitative estimate of drug-likeness (QED) is 0.794. The summed E-state index contributed by atoms with van der Waals surface area (Å²) in [4.78, 5) is 11.9. The number of urea groups is 1. The smallest absolute Gasteiger partial charge is 0.320 e. The lowest BCUT2D eigenvalue weighted by Gasteiger charge is -2.25. The van der Waals surface area contributed by atoms with Crippen LogP contribution in [-0.2, 0) is 0 Å². The van der Waals surface area contributed by atoms with E-state index in [2.05, 4.69) is 15.0 Å². The molecule has 2 rings (SSSR count). The summed E-state index contributed by atoms with van der Waals surface area (Å²) in [6, 6.07) is 11.4. The molecule has 0 radical (unpaired) electrons. The van der Waals surface area contributed by atoms with Gasteiger partial charge in [-0.3, -0.25) is 5.32 Å². The number of nitrogens with one attached hydrogen (secondary N) is 2. The van der Waals surface area contributed by atoms with E-state index in [4.69, 9.17) is 5.11 Å². The molecule has 0 aliphatic heterocycles. The molecule has 112 valence electrons. The minimum absolute atomic E-state index is 0.0337. The summed E-state index contributed by atoms with van der Waals surface area (Å²) in [7, 11) is 0. The number of carbonyl (C=O) groups is 1. The molecular formula is C15H19N3O2S. The number of anilines is 1. The first-order chi connectivity index (χ1) is 10.00. The van der Waals surface area contributed by atoms with Crippen molar-refractivity contribution in [3.8, 4) is 11.3 Å². The second kappa shape index (κ2) is 6.69. The molecule has 0 aliphatic carbocycles. The topological polar surface area (TPSA) is 74.2 Å². The van der Waals surface area contributed by atoms with E-state index in [9.17, 15) is 4.79 Å². The van der Waals surface area contributed by atoms with Crippen LogP contribution >= 0.6 is 11.5 Å². The highest BCUT2D eigenvalue weighted by Gasteiger charge is 2.20. The molecule has 0 unspecified atom stereocenters. The van der Waals surface area contributed by atoms with Crippen LogP contribution in [0.1, 0.15) is 20.3 Å². The van der Waals surface area contributed by atoms with Crippen molar-refractivity contribution in [3.63, 3.8) is 0 Å². The number of benzene rings is 1. The summed E-state index contributed by atoms with van der Waals surface area (Å²) >= 11 is 1.24. The van der Waals surface area contributed by atoms with Crippen LogP contribution < -0.4 is 10.6 Å². The van der Waals surface area contributed by atoms with Gasteiger partial charge in [-0.05, 0) is 31.8 Å². The van der Waals surface area contributed by atoms with Crippen molar-refractivity contribution in [2.75, 3.05) is 11.9 Å². The summed E-state index contributed by atoms with van der Waals surface area (Å²) in [6.45, 7) is 3.77. The van der Waals surface area contributed by atoms with Gasteiger partial charge in [0, 0.05) is 23.8 Å². The van der Waals surface area contributed by atoms with Gasteiger partial charge in [-0.1, -0.05) is 30.3 Å². The molecule has 3 N–H and O–H groups in total. The Morgan fingerprint density at radius 1 is 1.33 bits per heavy atom. The van der Waals surface area contributed by atoms with E-state index in [1.807, 2.05) is 50.2 Å². The van der Waals surface area contributed by atoms with Crippen LogP contribution in [0.3, 0.4) is 0 Å². The van der Waals surface area contributed by atoms with Gasteiger partial charge in [0.2, 0.25) is 0 Å². The molecule has 0 spiro atoms. The first-order valence-electron chi connectivity index (χ1n) is 6.72. The number of hydrogen-bond donors (Lipinski definition) is 3. The number of aromatic nitrogens is 1. The maximum atomic E-state index is 11.9. The minimum atomic E-state index is -0.453. The lowest BCUT2D eigenvalue weighted by atomic mass is 10.0. The molecule has 2 amide bonds. The summed E-state index contributed by atoms with van der Waals surface area (Å²) < 4.78 is 4.33. The number of amides is 2. The normalized spacial score (nSPS) is 11.2. The predicted octanol–water partition coefficient (Wildman–Crippen LogP) is 3.09. The Bertz CT molecular complexity index is 596. The van der Waals surface area contributed by atoms with Gasteiger partial charge in [0.15, 0.2) is 0 Å². The highest BCUT2D eigenvalue weighted by Crippen LogP contribution is 2.25. The molecular weight excluding hydrogens is 286 g/mol. The number of rotatable bonds is 5. The van der Waals surface area contributed by atoms with Crippen molar-refractivity contribution < 1.29 is 9.90 Å². The van der Waals surface area contributed by atoms with Gasteiger partial charge < -0.3 is 10.4 Å². The van der Waals surface area contributed by atoms with E-state index < -0.39 is 5.54 Å². The molecule has 1 aromatic heterocycles. The maximum absolute atomic E-state index is 11.9. The van der Waals surface area contributed by atoms with E-state index in [-0.39, 0.29) is 12.6 Å². The zero-order chi connectivity index (χ0) is 15.3. The Morgan fingerprint density at radius 3 is 2.71 bits per heavy atom. The van der Waals surface area contributed by atoms with Gasteiger partial charge >= 0.3 is 6.03 Å². The Hall–Kier alpha value is -1.92. The van der Waals surface area contributed by atoms with Crippen molar-refractivity contribution in [1.29, 1.82) is 0 Å². The van der Waals surface area contributed by atoms with Gasteiger partial charge in [-0.15, -0.1) is 0 Å². The molecule has 0 atom stereocenters. The van der Waals surface area contributed by atoms with Crippen LogP contribution in [0.25, 0.3) is 11.3 Å². The molecule has 1 heterocycles. The van der Waals surface area contributed by atoms with Crippen LogP contribution in [0.2, 0.25) is 0 Å². The fraction of sp³-hybridized carbons (Fsp3) is 0.333. The number of aliphatic hydroxyl groups is 1. The van der Waals surface area contributed by atoms with Gasteiger partial charge in [0.05, 0.1) is 5.69 Å². The van der Waals surface area contributed by atoms with Crippen LogP contribution in [0.5, 0.6) is 0 Å². The molecule has 0 bridgehead atoms. The van der Waals surface area contributed by atoms with Crippen molar-refractivity contribution >= 4 is 22.6 Å². The van der Waals surface area contributed by atoms with Gasteiger partial charge in [-0.2, -0.15) is 4.37 Å². The summed E-state index contributed by atoms with van der Waals surface area (Å²) in [6.07, 6.45) is 0.498. The minimum Gasteiger partial charge on any atom is -0.396 e. The molecule has 0 fully saturated rings. The van der Waals surface area contributed by atoms with Gasteiger partial charge in [0.1, 0.15) is 5.00 Å². The first-order valence-corrected chi connectivity index (χ1v) is 7.50. The standard InChI is InChI=1S/C15H19N3O2S/c1-15(2,8-9-19)17-14(20)16-13-10-12(18-21-13)11-6-4-3-5-7-11/h3-7,10,19H,8-9H2,1-2H3,(H2,16,17,20). The molecule has 2 aromatic rings. The predicted molar refractivity (Wildman–Crippen MR) is 85.5 cm³/mol. The third kappa shape index (κ3) is 4.54. The van der Waals surface area contributed by atoms with Crippen LogP contribution in [0.4, 0.5) is 9.80 Å². The largest absolute Gasteiger partial charge is 0.396 e. The second-order valence-corrected chi connectivity index (χ2v) is 6.18. The third-order valence-electron chi connectivity index (χ3n) is 3.01. The third-order valence-corrected chi connectivity index (χ3v) is 3.71. The molecule has 1 aromatic carbocycles. The maximum Gasteiger partial charge on any atom is 0.320 e. The van der Waals surface area contributed by atoms with Crippen molar-refractivity contribution in [2.45, 2.75) is 25.8 Å². The fourth-order valence-corrected chi connectivity index (χ4v) is 2.53. The Kier molecular flexibility index (Phi) is 4.93. The second-order valence-electron chi connectivity index (χ2n) is 5.38. The molecule has 21 heavy (non-hydrogen) atoms. The van der Waals surface area contributed by atoms with E-state index >= 15 is 0 Å². The van der Waals surface area contributed by atoms with Crippen LogP contribution in [0.15, 0.2) is 36.4 Å². The summed E-state index contributed by atoms with van der Waals surface area (Å²) in [5.41, 5.74) is 1.40. The summed E-state index contributed by atoms with van der Waals surface area (Å²) in [5, 5.41) is 15.2. The lowest BCUT2D eigenvalue weighted by molar-refractivity contribution is 0.218. The number of aliphatic hydroxyl groups excluding tert-OH is 1. The average molecular weight is 305 g/mol. The fourth-order valence-electron chi connectivity index (χ4n) is 1.87. The van der Waals surface area contributed by atoms with E-state index in [0.717, 1.165) is 11.3 Å². The number of nitrogens with zero attached hydrogens (tertiary/aromatic N) is 1. The molecule has 5 nitrogen and oxygen atoms in total. The van der Waals surface area contributed by atoms with E-state index in [1.54, 1.807) is 0 Å². The van der Waals surface area contributed by atoms with E-state index in [0.29, 0.717) is 11.4 Å². The highest BCUT2D eigenvalue weighted by molar-refractivity contribution is 7.10. The molecule has 6 heteroatoms. The van der Waals surface area contributed by atoms with E-state index in [1.165, 1.54) is 11.5 Å². The van der Waals surface area contributed by atoms with Crippen molar-refractivity contribution in [1.82, 2.24) is 9.69 Å². The monoisotopic (exact) mass is 305 g/mol. The van der Waals surface area contributed by atoms with Crippen molar-refractivity contribution in [3.05, 3.63) is 36.4 Å². The first kappa shape index (κ1) is 15.5. The number of hydrogen-bond acceptors (Lipinski definition) is 4. The van der Waals surface area contributed by atoms with Crippen molar-refractivity contribution in [2.24, 2.45) is 0 Å². The molecule has 0 aliphatic rings. The van der Waals surface area contributed by atoms with Crippen LogP contribution in [-0.4, -0.2) is 27.7 Å². The Labute approximate surface area is 128 Å². The van der Waals surface area contributed by atoms with Gasteiger partial charge in [0.25, 0.3) is 0 Å².